The van der Waals surface area contributed by atoms with Crippen molar-refractivity contribution in [2.45, 2.75) is 44.0 Å². The van der Waals surface area contributed by atoms with Gasteiger partial charge in [0.2, 0.25) is 21.1 Å². The fourth-order valence-corrected chi connectivity index (χ4v) is 5.09. The van der Waals surface area contributed by atoms with Gasteiger partial charge in [-0.2, -0.15) is 4.31 Å². The van der Waals surface area contributed by atoms with E-state index in [0.717, 1.165) is 23.4 Å². The molecule has 1 atom stereocenters. The lowest BCUT2D eigenvalue weighted by Gasteiger charge is -2.33. The Morgan fingerprint density at radius 1 is 1.20 bits per heavy atom. The molecule has 0 radical (unpaired) electrons. The third-order valence-electron chi connectivity index (χ3n) is 4.14. The number of piperidine rings is 1. The second kappa shape index (κ2) is 7.19. The Morgan fingerprint density at radius 2 is 1.92 bits per heavy atom. The summed E-state index contributed by atoms with van der Waals surface area (Å²) in [6.07, 6.45) is 2.05. The third-order valence-corrected chi connectivity index (χ3v) is 6.82. The van der Waals surface area contributed by atoms with Crippen LogP contribution in [0, 0.1) is 13.8 Å². The Hall–Kier alpha value is -1.84. The van der Waals surface area contributed by atoms with Crippen molar-refractivity contribution >= 4 is 32.4 Å². The van der Waals surface area contributed by atoms with Crippen LogP contribution in [0.15, 0.2) is 29.2 Å². The molecule has 2 heterocycles. The van der Waals surface area contributed by atoms with Crippen LogP contribution in [0.1, 0.15) is 29.8 Å². The number of rotatable bonds is 4. The molecule has 1 aromatic carbocycles. The lowest BCUT2D eigenvalue weighted by atomic mass is 10.0. The molecule has 0 saturated carbocycles. The summed E-state index contributed by atoms with van der Waals surface area (Å²) >= 11 is 1.26. The van der Waals surface area contributed by atoms with Gasteiger partial charge in [-0.25, -0.2) is 8.42 Å². The van der Waals surface area contributed by atoms with E-state index in [9.17, 15) is 13.2 Å². The van der Waals surface area contributed by atoms with E-state index in [0.29, 0.717) is 18.1 Å². The second-order valence-corrected chi connectivity index (χ2v) is 9.13. The number of amides is 1. The number of aromatic nitrogens is 2. The standard InChI is InChI=1S/C16H20N4O3S2/c1-11-6-8-13(9-7-11)25(22,23)20-10-4-3-5-14(20)15(21)17-16-19-18-12(2)24-16/h6-9,14H,3-5,10H2,1-2H3,(H,17,19,21). The zero-order valence-electron chi connectivity index (χ0n) is 14.1. The Labute approximate surface area is 151 Å². The monoisotopic (exact) mass is 380 g/mol. The van der Waals surface area contributed by atoms with E-state index in [-0.39, 0.29) is 10.8 Å². The summed E-state index contributed by atoms with van der Waals surface area (Å²) in [6.45, 7) is 4.03. The van der Waals surface area contributed by atoms with Crippen LogP contribution in [0.4, 0.5) is 5.13 Å². The highest BCUT2D eigenvalue weighted by Gasteiger charge is 2.37. The van der Waals surface area contributed by atoms with Crippen molar-refractivity contribution in [2.24, 2.45) is 0 Å². The van der Waals surface area contributed by atoms with Gasteiger partial charge >= 0.3 is 0 Å². The van der Waals surface area contributed by atoms with E-state index >= 15 is 0 Å². The van der Waals surface area contributed by atoms with Gasteiger partial charge in [0.05, 0.1) is 4.90 Å². The average Bonchev–Trinajstić information content (AvgIpc) is 3.00. The normalized spacial score (nSPS) is 18.9. The summed E-state index contributed by atoms with van der Waals surface area (Å²) in [5.74, 6) is -0.355. The van der Waals surface area contributed by atoms with Gasteiger partial charge in [-0.05, 0) is 38.8 Å². The number of sulfonamides is 1. The minimum absolute atomic E-state index is 0.213. The number of carbonyl (C=O) groups excluding carboxylic acids is 1. The molecule has 7 nitrogen and oxygen atoms in total. The number of hydrogen-bond donors (Lipinski definition) is 1. The molecule has 0 aliphatic carbocycles. The molecule has 0 bridgehead atoms. The Morgan fingerprint density at radius 3 is 2.56 bits per heavy atom. The first-order valence-electron chi connectivity index (χ1n) is 8.07. The van der Waals surface area contributed by atoms with Crippen LogP contribution in [-0.2, 0) is 14.8 Å². The summed E-state index contributed by atoms with van der Waals surface area (Å²) < 4.78 is 27.3. The maximum atomic E-state index is 13.0. The van der Waals surface area contributed by atoms with Crippen molar-refractivity contribution in [3.8, 4) is 0 Å². The molecule has 2 aromatic rings. The summed E-state index contributed by atoms with van der Waals surface area (Å²) in [4.78, 5) is 12.9. The molecular formula is C16H20N4O3S2. The lowest BCUT2D eigenvalue weighted by Crippen LogP contribution is -2.49. The molecule has 9 heteroatoms. The maximum Gasteiger partial charge on any atom is 0.244 e. The van der Waals surface area contributed by atoms with E-state index < -0.39 is 16.1 Å². The highest BCUT2D eigenvalue weighted by atomic mass is 32.2. The molecule has 134 valence electrons. The van der Waals surface area contributed by atoms with Gasteiger partial charge in [-0.15, -0.1) is 10.2 Å². The van der Waals surface area contributed by atoms with Crippen LogP contribution in [0.2, 0.25) is 0 Å². The van der Waals surface area contributed by atoms with Crippen LogP contribution >= 0.6 is 11.3 Å². The number of nitrogens with zero attached hydrogens (tertiary/aromatic N) is 3. The number of benzene rings is 1. The maximum absolute atomic E-state index is 13.0. The van der Waals surface area contributed by atoms with Crippen molar-refractivity contribution < 1.29 is 13.2 Å². The fourth-order valence-electron chi connectivity index (χ4n) is 2.84. The summed E-state index contributed by atoms with van der Waals surface area (Å²) in [6, 6.07) is 5.96. The van der Waals surface area contributed by atoms with E-state index in [1.807, 2.05) is 6.92 Å². The molecule has 1 unspecified atom stereocenters. The summed E-state index contributed by atoms with van der Waals surface area (Å²) in [5, 5.41) is 11.6. The van der Waals surface area contributed by atoms with Crippen LogP contribution in [-0.4, -0.2) is 41.4 Å². The molecule has 1 aromatic heterocycles. The molecule has 1 fully saturated rings. The molecule has 25 heavy (non-hydrogen) atoms. The lowest BCUT2D eigenvalue weighted by molar-refractivity contribution is -0.120. The highest BCUT2D eigenvalue weighted by Crippen LogP contribution is 2.27. The molecular weight excluding hydrogens is 360 g/mol. The molecule has 1 N–H and O–H groups in total. The molecule has 1 saturated heterocycles. The minimum atomic E-state index is -3.72. The van der Waals surface area contributed by atoms with E-state index in [1.54, 1.807) is 31.2 Å². The molecule has 0 spiro atoms. The van der Waals surface area contributed by atoms with Crippen LogP contribution in [0.3, 0.4) is 0 Å². The van der Waals surface area contributed by atoms with Gasteiger partial charge in [-0.1, -0.05) is 35.5 Å². The second-order valence-electron chi connectivity index (χ2n) is 6.06. The molecule has 1 amide bonds. The summed E-state index contributed by atoms with van der Waals surface area (Å²) in [5.41, 5.74) is 0.985. The van der Waals surface area contributed by atoms with Gasteiger partial charge in [0.25, 0.3) is 0 Å². The first kappa shape index (κ1) is 18.0. The number of hydrogen-bond acceptors (Lipinski definition) is 6. The number of nitrogens with one attached hydrogen (secondary N) is 1. The van der Waals surface area contributed by atoms with Crippen molar-refractivity contribution in [1.82, 2.24) is 14.5 Å². The van der Waals surface area contributed by atoms with Gasteiger partial charge < -0.3 is 0 Å². The van der Waals surface area contributed by atoms with Crippen molar-refractivity contribution in [3.63, 3.8) is 0 Å². The van der Waals surface area contributed by atoms with Crippen LogP contribution < -0.4 is 5.32 Å². The van der Waals surface area contributed by atoms with Crippen LogP contribution in [0.5, 0.6) is 0 Å². The largest absolute Gasteiger partial charge is 0.299 e. The average molecular weight is 380 g/mol. The van der Waals surface area contributed by atoms with E-state index in [4.69, 9.17) is 0 Å². The third kappa shape index (κ3) is 3.88. The van der Waals surface area contributed by atoms with Gasteiger partial charge in [0, 0.05) is 6.54 Å². The highest BCUT2D eigenvalue weighted by molar-refractivity contribution is 7.89. The molecule has 1 aliphatic rings. The molecule has 3 rings (SSSR count). The van der Waals surface area contributed by atoms with E-state index in [2.05, 4.69) is 15.5 Å². The van der Waals surface area contributed by atoms with Crippen molar-refractivity contribution in [3.05, 3.63) is 34.8 Å². The smallest absolute Gasteiger partial charge is 0.244 e. The van der Waals surface area contributed by atoms with Crippen molar-refractivity contribution in [2.75, 3.05) is 11.9 Å². The predicted molar refractivity (Wildman–Crippen MR) is 96.0 cm³/mol. The summed E-state index contributed by atoms with van der Waals surface area (Å²) in [7, 11) is -3.72. The van der Waals surface area contributed by atoms with Gasteiger partial charge in [0.15, 0.2) is 0 Å². The topological polar surface area (TPSA) is 92.3 Å². The van der Waals surface area contributed by atoms with Crippen LogP contribution in [0.25, 0.3) is 0 Å². The first-order chi connectivity index (χ1) is 11.9. The Kier molecular flexibility index (Phi) is 5.16. The molecule has 1 aliphatic heterocycles. The number of aryl methyl sites for hydroxylation is 2. The minimum Gasteiger partial charge on any atom is -0.299 e. The van der Waals surface area contributed by atoms with Gasteiger partial charge in [-0.3, -0.25) is 10.1 Å². The zero-order valence-corrected chi connectivity index (χ0v) is 15.7. The predicted octanol–water partition coefficient (Wildman–Crippen LogP) is 2.34. The van der Waals surface area contributed by atoms with Gasteiger partial charge in [0.1, 0.15) is 11.0 Å². The van der Waals surface area contributed by atoms with Crippen molar-refractivity contribution in [1.29, 1.82) is 0 Å². The number of anilines is 1. The number of carbonyl (C=O) groups is 1. The zero-order chi connectivity index (χ0) is 18.0. The van der Waals surface area contributed by atoms with E-state index in [1.165, 1.54) is 15.6 Å². The quantitative estimate of drug-likeness (QED) is 0.879. The Bertz CT molecular complexity index is 862. The first-order valence-corrected chi connectivity index (χ1v) is 10.3. The fraction of sp³-hybridized carbons (Fsp3) is 0.438. The Balaban J connectivity index is 1.84. The SMILES string of the molecule is Cc1ccc(S(=O)(=O)N2CCCCC2C(=O)Nc2nnc(C)s2)cc1.